The molecule has 5 nitrogen and oxygen atoms in total. The minimum Gasteiger partial charge on any atom is -0.481 e. The molecule has 17 heavy (non-hydrogen) atoms. The SMILES string of the molecule is CS(=O)(=O)c1ccc(C(CN)C(=O)O)c(F)c1. The Morgan fingerprint density at radius 3 is 2.47 bits per heavy atom. The van der Waals surface area contributed by atoms with Gasteiger partial charge in [0.25, 0.3) is 0 Å². The minimum absolute atomic E-state index is 0.118. The van der Waals surface area contributed by atoms with Crippen LogP contribution in [0.4, 0.5) is 4.39 Å². The Bertz CT molecular complexity index is 541. The highest BCUT2D eigenvalue weighted by Crippen LogP contribution is 2.22. The van der Waals surface area contributed by atoms with E-state index in [-0.39, 0.29) is 17.0 Å². The summed E-state index contributed by atoms with van der Waals surface area (Å²) in [5, 5.41) is 8.82. The molecule has 94 valence electrons. The maximum atomic E-state index is 13.6. The summed E-state index contributed by atoms with van der Waals surface area (Å²) in [6, 6.07) is 3.10. The molecule has 1 rings (SSSR count). The Labute approximate surface area is 98.0 Å². The van der Waals surface area contributed by atoms with Crippen LogP contribution in [0.25, 0.3) is 0 Å². The van der Waals surface area contributed by atoms with Crippen LogP contribution in [0, 0.1) is 5.82 Å². The van der Waals surface area contributed by atoms with Gasteiger partial charge in [0.1, 0.15) is 5.82 Å². The highest BCUT2D eigenvalue weighted by Gasteiger charge is 2.22. The summed E-state index contributed by atoms with van der Waals surface area (Å²) in [4.78, 5) is 10.6. The number of hydrogen-bond acceptors (Lipinski definition) is 4. The number of nitrogens with two attached hydrogens (primary N) is 1. The second kappa shape index (κ2) is 4.80. The summed E-state index contributed by atoms with van der Waals surface area (Å²) < 4.78 is 35.9. The van der Waals surface area contributed by atoms with Crippen molar-refractivity contribution >= 4 is 15.8 Å². The normalized spacial score (nSPS) is 13.4. The molecule has 0 aromatic heterocycles. The molecule has 1 aromatic rings. The van der Waals surface area contributed by atoms with E-state index in [1.807, 2.05) is 0 Å². The predicted molar refractivity (Wildman–Crippen MR) is 58.9 cm³/mol. The molecule has 0 heterocycles. The predicted octanol–water partition coefficient (Wildman–Crippen LogP) is 0.356. The molecule has 1 unspecified atom stereocenters. The third-order valence-corrected chi connectivity index (χ3v) is 3.42. The maximum Gasteiger partial charge on any atom is 0.312 e. The first-order chi connectivity index (χ1) is 7.77. The molecule has 0 amide bonds. The smallest absolute Gasteiger partial charge is 0.312 e. The first kappa shape index (κ1) is 13.6. The van der Waals surface area contributed by atoms with Crippen molar-refractivity contribution in [3.8, 4) is 0 Å². The van der Waals surface area contributed by atoms with Gasteiger partial charge in [-0.1, -0.05) is 6.07 Å². The van der Waals surface area contributed by atoms with E-state index in [4.69, 9.17) is 10.8 Å². The van der Waals surface area contributed by atoms with Crippen molar-refractivity contribution in [1.29, 1.82) is 0 Å². The third-order valence-electron chi connectivity index (χ3n) is 2.31. The van der Waals surface area contributed by atoms with Crippen LogP contribution in [0.3, 0.4) is 0 Å². The fourth-order valence-electron chi connectivity index (χ4n) is 1.38. The first-order valence-corrected chi connectivity index (χ1v) is 6.59. The molecule has 0 saturated carbocycles. The van der Waals surface area contributed by atoms with Crippen LogP contribution in [0.15, 0.2) is 23.1 Å². The molecular formula is C10H12FNO4S. The molecule has 0 aliphatic rings. The van der Waals surface area contributed by atoms with Crippen LogP contribution in [-0.4, -0.2) is 32.3 Å². The van der Waals surface area contributed by atoms with Gasteiger partial charge in [-0.15, -0.1) is 0 Å². The molecule has 0 bridgehead atoms. The summed E-state index contributed by atoms with van der Waals surface area (Å²) >= 11 is 0. The number of carboxylic acids is 1. The first-order valence-electron chi connectivity index (χ1n) is 4.69. The molecule has 0 aliphatic carbocycles. The quantitative estimate of drug-likeness (QED) is 0.815. The van der Waals surface area contributed by atoms with E-state index in [0.717, 1.165) is 18.4 Å². The molecule has 7 heteroatoms. The van der Waals surface area contributed by atoms with Crippen LogP contribution >= 0.6 is 0 Å². The third kappa shape index (κ3) is 3.01. The van der Waals surface area contributed by atoms with Crippen molar-refractivity contribution in [3.05, 3.63) is 29.6 Å². The molecule has 3 N–H and O–H groups in total. The van der Waals surface area contributed by atoms with Gasteiger partial charge < -0.3 is 10.8 Å². The Morgan fingerprint density at radius 1 is 1.53 bits per heavy atom. The van der Waals surface area contributed by atoms with Gasteiger partial charge in [0.15, 0.2) is 9.84 Å². The van der Waals surface area contributed by atoms with Crippen LogP contribution in [-0.2, 0) is 14.6 Å². The standard InChI is InChI=1S/C10H12FNO4S/c1-17(15,16)6-2-3-7(9(11)4-6)8(5-12)10(13)14/h2-4,8H,5,12H2,1H3,(H,13,14). The van der Waals surface area contributed by atoms with Crippen molar-refractivity contribution in [2.24, 2.45) is 5.73 Å². The highest BCUT2D eigenvalue weighted by molar-refractivity contribution is 7.90. The Balaban J connectivity index is 3.27. The molecular weight excluding hydrogens is 249 g/mol. The van der Waals surface area contributed by atoms with Crippen LogP contribution in [0.2, 0.25) is 0 Å². The van der Waals surface area contributed by atoms with Gasteiger partial charge in [0, 0.05) is 18.4 Å². The summed E-state index contributed by atoms with van der Waals surface area (Å²) in [7, 11) is -3.51. The summed E-state index contributed by atoms with van der Waals surface area (Å²) in [5.74, 6) is -3.31. The molecule has 0 fully saturated rings. The molecule has 1 atom stereocenters. The van der Waals surface area contributed by atoms with E-state index < -0.39 is 27.5 Å². The fraction of sp³-hybridized carbons (Fsp3) is 0.300. The second-order valence-electron chi connectivity index (χ2n) is 3.58. The monoisotopic (exact) mass is 261 g/mol. The Morgan fingerprint density at radius 2 is 2.12 bits per heavy atom. The summed E-state index contributed by atoms with van der Waals surface area (Å²) in [6.45, 7) is -0.259. The second-order valence-corrected chi connectivity index (χ2v) is 5.60. The zero-order valence-corrected chi connectivity index (χ0v) is 9.87. The lowest BCUT2D eigenvalue weighted by Crippen LogP contribution is -2.22. The van der Waals surface area contributed by atoms with Gasteiger partial charge in [-0.3, -0.25) is 4.79 Å². The molecule has 0 spiro atoms. The number of carboxylic acid groups (broad SMARTS) is 1. The summed E-state index contributed by atoms with van der Waals surface area (Å²) in [5.41, 5.74) is 5.11. The number of aliphatic carboxylic acids is 1. The van der Waals surface area contributed by atoms with Gasteiger partial charge >= 0.3 is 5.97 Å². The molecule has 1 aromatic carbocycles. The fourth-order valence-corrected chi connectivity index (χ4v) is 2.01. The lowest BCUT2D eigenvalue weighted by atomic mass is 9.99. The Hall–Kier alpha value is -1.47. The minimum atomic E-state index is -3.51. The van der Waals surface area contributed by atoms with E-state index in [2.05, 4.69) is 0 Å². The van der Waals surface area contributed by atoms with E-state index in [0.29, 0.717) is 0 Å². The number of benzene rings is 1. The van der Waals surface area contributed by atoms with E-state index >= 15 is 0 Å². The van der Waals surface area contributed by atoms with Gasteiger partial charge in [0.05, 0.1) is 10.8 Å². The zero-order valence-electron chi connectivity index (χ0n) is 9.05. The van der Waals surface area contributed by atoms with E-state index in [1.165, 1.54) is 6.07 Å². The number of sulfone groups is 1. The number of rotatable bonds is 4. The van der Waals surface area contributed by atoms with E-state index in [9.17, 15) is 17.6 Å². The zero-order chi connectivity index (χ0) is 13.2. The van der Waals surface area contributed by atoms with Crippen molar-refractivity contribution in [2.75, 3.05) is 12.8 Å². The number of carbonyl (C=O) groups is 1. The number of halogens is 1. The van der Waals surface area contributed by atoms with Gasteiger partial charge in [-0.25, -0.2) is 12.8 Å². The number of hydrogen-bond donors (Lipinski definition) is 2. The van der Waals surface area contributed by atoms with Gasteiger partial charge in [-0.2, -0.15) is 0 Å². The lowest BCUT2D eigenvalue weighted by Gasteiger charge is -2.11. The summed E-state index contributed by atoms with van der Waals surface area (Å²) in [6.07, 6.45) is 0.944. The van der Waals surface area contributed by atoms with Crippen LogP contribution in [0.5, 0.6) is 0 Å². The topological polar surface area (TPSA) is 97.5 Å². The average molecular weight is 261 g/mol. The van der Waals surface area contributed by atoms with E-state index in [1.54, 1.807) is 0 Å². The van der Waals surface area contributed by atoms with Gasteiger partial charge in [0.2, 0.25) is 0 Å². The average Bonchev–Trinajstić information content (AvgIpc) is 2.19. The van der Waals surface area contributed by atoms with Crippen molar-refractivity contribution in [3.63, 3.8) is 0 Å². The highest BCUT2D eigenvalue weighted by atomic mass is 32.2. The lowest BCUT2D eigenvalue weighted by molar-refractivity contribution is -0.138. The molecule has 0 saturated heterocycles. The largest absolute Gasteiger partial charge is 0.481 e. The van der Waals surface area contributed by atoms with Crippen LogP contribution < -0.4 is 5.73 Å². The van der Waals surface area contributed by atoms with Crippen LogP contribution in [0.1, 0.15) is 11.5 Å². The molecule has 0 radical (unpaired) electrons. The molecule has 0 aliphatic heterocycles. The maximum absolute atomic E-state index is 13.6. The Kier molecular flexibility index (Phi) is 3.84. The van der Waals surface area contributed by atoms with Gasteiger partial charge in [-0.05, 0) is 12.1 Å². The van der Waals surface area contributed by atoms with Crippen molar-refractivity contribution < 1.29 is 22.7 Å². The van der Waals surface area contributed by atoms with Crippen molar-refractivity contribution in [1.82, 2.24) is 0 Å². The van der Waals surface area contributed by atoms with Crippen molar-refractivity contribution in [2.45, 2.75) is 10.8 Å².